The summed E-state index contributed by atoms with van der Waals surface area (Å²) < 4.78 is 7.29. The highest BCUT2D eigenvalue weighted by Gasteiger charge is 2.17. The van der Waals surface area contributed by atoms with Crippen LogP contribution < -0.4 is 5.32 Å². The van der Waals surface area contributed by atoms with E-state index in [-0.39, 0.29) is 11.7 Å². The number of nitro benzene ring substituents is 1. The van der Waals surface area contributed by atoms with E-state index in [9.17, 15) is 14.9 Å². The van der Waals surface area contributed by atoms with Crippen LogP contribution in [0.5, 0.6) is 0 Å². The van der Waals surface area contributed by atoms with Crippen LogP contribution in [0.4, 0.5) is 16.2 Å². The lowest BCUT2D eigenvalue weighted by molar-refractivity contribution is -0.384. The van der Waals surface area contributed by atoms with E-state index in [0.717, 1.165) is 5.69 Å². The van der Waals surface area contributed by atoms with Crippen molar-refractivity contribution in [1.29, 1.82) is 0 Å². The molecule has 0 radical (unpaired) electrons. The lowest BCUT2D eigenvalue weighted by atomic mass is 10.3. The molecule has 2 aromatic heterocycles. The minimum Gasteiger partial charge on any atom is -0.467 e. The molecule has 3 aromatic rings. The van der Waals surface area contributed by atoms with Gasteiger partial charge >= 0.3 is 6.03 Å². The van der Waals surface area contributed by atoms with Crippen LogP contribution in [0.15, 0.2) is 65.4 Å². The van der Waals surface area contributed by atoms with Crippen LogP contribution in [0.2, 0.25) is 0 Å². The van der Waals surface area contributed by atoms with E-state index in [1.807, 2.05) is 29.9 Å². The summed E-state index contributed by atoms with van der Waals surface area (Å²) in [5, 5.41) is 13.5. The predicted molar refractivity (Wildman–Crippen MR) is 95.5 cm³/mol. The van der Waals surface area contributed by atoms with E-state index < -0.39 is 4.92 Å². The van der Waals surface area contributed by atoms with Crippen molar-refractivity contribution in [3.05, 3.63) is 82.6 Å². The second kappa shape index (κ2) is 7.56. The number of rotatable bonds is 6. The number of nitrogens with zero attached hydrogens (tertiary/aromatic N) is 3. The van der Waals surface area contributed by atoms with Crippen LogP contribution in [0.3, 0.4) is 0 Å². The van der Waals surface area contributed by atoms with Crippen molar-refractivity contribution in [3.63, 3.8) is 0 Å². The van der Waals surface area contributed by atoms with Gasteiger partial charge in [0.15, 0.2) is 0 Å². The van der Waals surface area contributed by atoms with Crippen molar-refractivity contribution in [3.8, 4) is 0 Å². The molecular formula is C18H18N4O4. The van der Waals surface area contributed by atoms with Crippen molar-refractivity contribution in [2.24, 2.45) is 7.05 Å². The zero-order chi connectivity index (χ0) is 18.5. The molecule has 0 bridgehead atoms. The van der Waals surface area contributed by atoms with Crippen LogP contribution in [-0.2, 0) is 20.1 Å². The summed E-state index contributed by atoms with van der Waals surface area (Å²) in [5.41, 5.74) is 1.42. The SMILES string of the molecule is Cn1cccc1CN(Cc1ccco1)C(=O)Nc1ccc([N+](=O)[O-])cc1. The highest BCUT2D eigenvalue weighted by Crippen LogP contribution is 2.17. The Balaban J connectivity index is 1.75. The van der Waals surface area contributed by atoms with Crippen LogP contribution in [0.25, 0.3) is 0 Å². The zero-order valence-corrected chi connectivity index (χ0v) is 14.2. The van der Waals surface area contributed by atoms with Gasteiger partial charge in [-0.15, -0.1) is 0 Å². The molecule has 0 aliphatic carbocycles. The molecule has 0 saturated carbocycles. The molecule has 26 heavy (non-hydrogen) atoms. The first-order chi connectivity index (χ1) is 12.5. The van der Waals surface area contributed by atoms with Crippen LogP contribution in [0.1, 0.15) is 11.5 Å². The Bertz CT molecular complexity index is 884. The smallest absolute Gasteiger partial charge is 0.322 e. The van der Waals surface area contributed by atoms with Crippen LogP contribution in [0, 0.1) is 10.1 Å². The average molecular weight is 354 g/mol. The number of urea groups is 1. The fraction of sp³-hybridized carbons (Fsp3) is 0.167. The largest absolute Gasteiger partial charge is 0.467 e. The average Bonchev–Trinajstić information content (AvgIpc) is 3.27. The maximum Gasteiger partial charge on any atom is 0.322 e. The van der Waals surface area contributed by atoms with E-state index in [2.05, 4.69) is 5.32 Å². The molecule has 1 aromatic carbocycles. The highest BCUT2D eigenvalue weighted by molar-refractivity contribution is 5.89. The molecule has 0 saturated heterocycles. The molecule has 0 spiro atoms. The minimum atomic E-state index is -0.482. The van der Waals surface area contributed by atoms with Gasteiger partial charge in [0.1, 0.15) is 5.76 Å². The van der Waals surface area contributed by atoms with Crippen molar-refractivity contribution >= 4 is 17.4 Å². The lowest BCUT2D eigenvalue weighted by Crippen LogP contribution is -2.34. The summed E-state index contributed by atoms with van der Waals surface area (Å²) in [6, 6.07) is 12.8. The Morgan fingerprint density at radius 1 is 1.19 bits per heavy atom. The van der Waals surface area contributed by atoms with Crippen molar-refractivity contribution in [1.82, 2.24) is 9.47 Å². The van der Waals surface area contributed by atoms with Crippen LogP contribution >= 0.6 is 0 Å². The van der Waals surface area contributed by atoms with Gasteiger partial charge in [0.2, 0.25) is 0 Å². The summed E-state index contributed by atoms with van der Waals surface area (Å²) in [7, 11) is 1.91. The van der Waals surface area contributed by atoms with E-state index in [0.29, 0.717) is 24.5 Å². The summed E-state index contributed by atoms with van der Waals surface area (Å²) in [6.45, 7) is 0.694. The van der Waals surface area contributed by atoms with Gasteiger partial charge in [-0.2, -0.15) is 0 Å². The van der Waals surface area contributed by atoms with E-state index in [1.165, 1.54) is 24.3 Å². The first-order valence-electron chi connectivity index (χ1n) is 7.96. The van der Waals surface area contributed by atoms with Crippen molar-refractivity contribution < 1.29 is 14.1 Å². The molecule has 0 unspecified atom stereocenters. The number of carbonyl (C=O) groups is 1. The number of nitrogens with one attached hydrogen (secondary N) is 1. The summed E-state index contributed by atoms with van der Waals surface area (Å²) in [6.07, 6.45) is 3.47. The molecule has 8 nitrogen and oxygen atoms in total. The first-order valence-corrected chi connectivity index (χ1v) is 7.96. The third-order valence-electron chi connectivity index (χ3n) is 3.95. The molecule has 0 aliphatic rings. The number of non-ortho nitro benzene ring substituents is 1. The van der Waals surface area contributed by atoms with E-state index in [1.54, 1.807) is 23.3 Å². The lowest BCUT2D eigenvalue weighted by Gasteiger charge is -2.22. The number of nitro groups is 1. The van der Waals surface area contributed by atoms with Crippen molar-refractivity contribution in [2.75, 3.05) is 5.32 Å². The Labute approximate surface area is 149 Å². The number of benzene rings is 1. The number of furan rings is 1. The van der Waals surface area contributed by atoms with Gasteiger partial charge in [0.25, 0.3) is 5.69 Å². The number of anilines is 1. The minimum absolute atomic E-state index is 0.0285. The normalized spacial score (nSPS) is 10.5. The fourth-order valence-corrected chi connectivity index (χ4v) is 2.52. The Morgan fingerprint density at radius 3 is 2.54 bits per heavy atom. The van der Waals surface area contributed by atoms with E-state index in [4.69, 9.17) is 4.42 Å². The number of hydrogen-bond donors (Lipinski definition) is 1. The second-order valence-electron chi connectivity index (χ2n) is 5.78. The molecule has 3 rings (SSSR count). The molecule has 2 amide bonds. The Hall–Kier alpha value is -3.55. The molecule has 0 aliphatic heterocycles. The van der Waals surface area contributed by atoms with Gasteiger partial charge in [-0.3, -0.25) is 10.1 Å². The maximum absolute atomic E-state index is 12.7. The zero-order valence-electron chi connectivity index (χ0n) is 14.2. The van der Waals surface area contributed by atoms with Gasteiger partial charge < -0.3 is 19.2 Å². The third kappa shape index (κ3) is 4.10. The second-order valence-corrected chi connectivity index (χ2v) is 5.78. The molecular weight excluding hydrogens is 336 g/mol. The Kier molecular flexibility index (Phi) is 5.02. The number of carbonyl (C=O) groups excluding carboxylic acids is 1. The third-order valence-corrected chi connectivity index (χ3v) is 3.95. The maximum atomic E-state index is 12.7. The quantitative estimate of drug-likeness (QED) is 0.539. The highest BCUT2D eigenvalue weighted by atomic mass is 16.6. The topological polar surface area (TPSA) is 93.6 Å². The van der Waals surface area contributed by atoms with Gasteiger partial charge in [0.05, 0.1) is 24.3 Å². The number of hydrogen-bond acceptors (Lipinski definition) is 4. The van der Waals surface area contributed by atoms with E-state index >= 15 is 0 Å². The van der Waals surface area contributed by atoms with Gasteiger partial charge in [-0.05, 0) is 36.4 Å². The monoisotopic (exact) mass is 354 g/mol. The molecule has 2 heterocycles. The Morgan fingerprint density at radius 2 is 1.96 bits per heavy atom. The standard InChI is InChI=1S/C18H18N4O4/c1-20-10-2-4-16(20)12-21(13-17-5-3-11-26-17)18(23)19-14-6-8-15(9-7-14)22(24)25/h2-11H,12-13H2,1H3,(H,19,23). The first kappa shape index (κ1) is 17.3. The molecule has 0 fully saturated rings. The predicted octanol–water partition coefficient (Wildman–Crippen LogP) is 3.76. The molecule has 134 valence electrons. The summed E-state index contributed by atoms with van der Waals surface area (Å²) in [5.74, 6) is 0.665. The van der Waals surface area contributed by atoms with Crippen molar-refractivity contribution in [2.45, 2.75) is 13.1 Å². The number of aromatic nitrogens is 1. The molecule has 0 atom stereocenters. The summed E-state index contributed by atoms with van der Waals surface area (Å²) in [4.78, 5) is 24.6. The molecule has 8 heteroatoms. The molecule has 1 N–H and O–H groups in total. The number of amides is 2. The van der Waals surface area contributed by atoms with Gasteiger partial charge in [-0.1, -0.05) is 0 Å². The fourth-order valence-electron chi connectivity index (χ4n) is 2.52. The number of aryl methyl sites for hydroxylation is 1. The van der Waals surface area contributed by atoms with Gasteiger partial charge in [-0.25, -0.2) is 4.79 Å². The van der Waals surface area contributed by atoms with Gasteiger partial charge in [0, 0.05) is 36.8 Å². The summed E-state index contributed by atoms with van der Waals surface area (Å²) >= 11 is 0. The van der Waals surface area contributed by atoms with Crippen LogP contribution in [-0.4, -0.2) is 20.4 Å².